The molecule has 0 aliphatic heterocycles. The number of hydrogen-bond acceptors (Lipinski definition) is 5. The molecule has 1 unspecified atom stereocenters. The predicted octanol–water partition coefficient (Wildman–Crippen LogP) is 3.36. The third kappa shape index (κ3) is 6.04. The summed E-state index contributed by atoms with van der Waals surface area (Å²) in [7, 11) is -1.21. The lowest BCUT2D eigenvalue weighted by Crippen LogP contribution is -2.50. The first-order chi connectivity index (χ1) is 17.2. The molecule has 0 radical (unpaired) electrons. The van der Waals surface area contributed by atoms with E-state index in [-0.39, 0.29) is 23.0 Å². The average Bonchev–Trinajstić information content (AvgIpc) is 2.90. The Balaban J connectivity index is 2.09. The van der Waals surface area contributed by atoms with Gasteiger partial charge in [-0.15, -0.1) is 0 Å². The molecule has 0 heterocycles. The van der Waals surface area contributed by atoms with Gasteiger partial charge >= 0.3 is 0 Å². The number of nitrogens with one attached hydrogen (secondary N) is 1. The normalized spacial score (nSPS) is 11.9. The van der Waals surface area contributed by atoms with E-state index in [9.17, 15) is 18.0 Å². The molecular formula is C27H31N3O5S. The summed E-state index contributed by atoms with van der Waals surface area (Å²) in [5.74, 6) is -0.579. The minimum Gasteiger partial charge on any atom is -0.495 e. The Morgan fingerprint density at radius 1 is 0.972 bits per heavy atom. The number of anilines is 1. The van der Waals surface area contributed by atoms with Crippen molar-refractivity contribution >= 4 is 27.5 Å². The van der Waals surface area contributed by atoms with E-state index in [0.717, 1.165) is 15.4 Å². The Morgan fingerprint density at radius 3 is 2.17 bits per heavy atom. The number of sulfonamides is 1. The van der Waals surface area contributed by atoms with Gasteiger partial charge < -0.3 is 15.0 Å². The fourth-order valence-electron chi connectivity index (χ4n) is 3.80. The summed E-state index contributed by atoms with van der Waals surface area (Å²) >= 11 is 0. The van der Waals surface area contributed by atoms with Crippen molar-refractivity contribution in [2.45, 2.75) is 31.3 Å². The second-order valence-electron chi connectivity index (χ2n) is 8.30. The first-order valence-corrected chi connectivity index (χ1v) is 12.9. The molecule has 0 spiro atoms. The van der Waals surface area contributed by atoms with Crippen LogP contribution in [0.5, 0.6) is 5.75 Å². The number of methoxy groups -OCH3 is 1. The molecule has 3 aromatic rings. The Bertz CT molecular complexity index is 1300. The number of benzene rings is 3. The Morgan fingerprint density at radius 2 is 1.58 bits per heavy atom. The zero-order valence-electron chi connectivity index (χ0n) is 20.8. The number of rotatable bonds is 10. The van der Waals surface area contributed by atoms with Crippen molar-refractivity contribution in [2.75, 3.05) is 25.0 Å². The number of ether oxygens (including phenoxy) is 1. The van der Waals surface area contributed by atoms with Crippen LogP contribution in [0.3, 0.4) is 0 Å². The van der Waals surface area contributed by atoms with Crippen molar-refractivity contribution in [3.63, 3.8) is 0 Å². The fourth-order valence-corrected chi connectivity index (χ4v) is 5.24. The number of aryl methyl sites for hydroxylation is 1. The predicted molar refractivity (Wildman–Crippen MR) is 139 cm³/mol. The molecule has 0 aliphatic carbocycles. The lowest BCUT2D eigenvalue weighted by Gasteiger charge is -2.32. The molecule has 0 bridgehead atoms. The maximum Gasteiger partial charge on any atom is 0.264 e. The maximum atomic E-state index is 13.8. The van der Waals surface area contributed by atoms with Crippen LogP contribution in [0.2, 0.25) is 0 Å². The van der Waals surface area contributed by atoms with Gasteiger partial charge in [0.25, 0.3) is 10.0 Å². The molecule has 3 rings (SSSR count). The summed E-state index contributed by atoms with van der Waals surface area (Å²) in [6.07, 6.45) is 0. The zero-order chi connectivity index (χ0) is 26.3. The quantitative estimate of drug-likeness (QED) is 0.452. The highest BCUT2D eigenvalue weighted by Crippen LogP contribution is 2.33. The van der Waals surface area contributed by atoms with Crippen molar-refractivity contribution < 1.29 is 22.7 Å². The van der Waals surface area contributed by atoms with Crippen LogP contribution in [0.15, 0.2) is 83.8 Å². The minimum absolute atomic E-state index is 0.0373. The summed E-state index contributed by atoms with van der Waals surface area (Å²) in [4.78, 5) is 27.7. The molecule has 2 amide bonds. The molecule has 9 heteroatoms. The molecule has 1 N–H and O–H groups in total. The number of hydrogen-bond donors (Lipinski definition) is 1. The van der Waals surface area contributed by atoms with E-state index in [1.807, 2.05) is 37.3 Å². The van der Waals surface area contributed by atoms with Crippen molar-refractivity contribution in [3.05, 3.63) is 90.0 Å². The summed E-state index contributed by atoms with van der Waals surface area (Å²) in [6, 6.07) is 21.4. The van der Waals surface area contributed by atoms with Crippen molar-refractivity contribution in [3.8, 4) is 5.75 Å². The third-order valence-electron chi connectivity index (χ3n) is 5.82. The van der Waals surface area contributed by atoms with E-state index in [0.29, 0.717) is 5.75 Å². The molecule has 0 aliphatic rings. The zero-order valence-corrected chi connectivity index (χ0v) is 21.7. The van der Waals surface area contributed by atoms with Crippen LogP contribution in [-0.2, 0) is 26.2 Å². The highest BCUT2D eigenvalue weighted by atomic mass is 32.2. The second-order valence-corrected chi connectivity index (χ2v) is 10.2. The van der Waals surface area contributed by atoms with E-state index >= 15 is 0 Å². The molecule has 0 fully saturated rings. The van der Waals surface area contributed by atoms with Crippen LogP contribution in [0.1, 0.15) is 18.1 Å². The molecule has 0 saturated carbocycles. The lowest BCUT2D eigenvalue weighted by molar-refractivity contribution is -0.139. The van der Waals surface area contributed by atoms with Gasteiger partial charge in [-0.25, -0.2) is 8.42 Å². The maximum absolute atomic E-state index is 13.8. The first-order valence-electron chi connectivity index (χ1n) is 11.5. The standard InChI is InChI=1S/C27H31N3O5S/c1-20-15-16-25(35-4)24(17-20)30(36(33,34)23-13-9-6-10-14-23)19-26(31)29(21(2)27(32)28-3)18-22-11-7-5-8-12-22/h5-17,21H,18-19H2,1-4H3,(H,28,32). The number of amides is 2. The molecular weight excluding hydrogens is 478 g/mol. The van der Waals surface area contributed by atoms with Crippen molar-refractivity contribution in [1.29, 1.82) is 0 Å². The lowest BCUT2D eigenvalue weighted by atomic mass is 10.1. The highest BCUT2D eigenvalue weighted by molar-refractivity contribution is 7.92. The molecule has 0 aromatic heterocycles. The van der Waals surface area contributed by atoms with E-state index in [1.54, 1.807) is 43.3 Å². The minimum atomic E-state index is -4.15. The Hall–Kier alpha value is -3.85. The summed E-state index contributed by atoms with van der Waals surface area (Å²) in [6.45, 7) is 3.06. The van der Waals surface area contributed by atoms with Gasteiger partial charge in [0.05, 0.1) is 17.7 Å². The van der Waals surface area contributed by atoms with Gasteiger partial charge in [-0.05, 0) is 49.2 Å². The van der Waals surface area contributed by atoms with E-state index in [2.05, 4.69) is 5.32 Å². The number of nitrogens with zero attached hydrogens (tertiary/aromatic N) is 2. The number of carbonyl (C=O) groups excluding carboxylic acids is 2. The van der Waals surface area contributed by atoms with Crippen LogP contribution in [-0.4, -0.2) is 51.9 Å². The van der Waals surface area contributed by atoms with Gasteiger partial charge in [-0.2, -0.15) is 0 Å². The molecule has 8 nitrogen and oxygen atoms in total. The second kappa shape index (κ2) is 11.7. The van der Waals surface area contributed by atoms with Crippen LogP contribution in [0.25, 0.3) is 0 Å². The summed E-state index contributed by atoms with van der Waals surface area (Å²) < 4.78 is 34.1. The molecule has 190 valence electrons. The van der Waals surface area contributed by atoms with Gasteiger partial charge in [0.2, 0.25) is 11.8 Å². The highest BCUT2D eigenvalue weighted by Gasteiger charge is 2.33. The monoisotopic (exact) mass is 509 g/mol. The Kier molecular flexibility index (Phi) is 8.71. The van der Waals surface area contributed by atoms with E-state index in [1.165, 1.54) is 31.2 Å². The number of carbonyl (C=O) groups is 2. The van der Waals surface area contributed by atoms with Crippen LogP contribution in [0, 0.1) is 6.92 Å². The average molecular weight is 510 g/mol. The summed E-state index contributed by atoms with van der Waals surface area (Å²) in [5.41, 5.74) is 1.85. The number of likely N-dealkylation sites (N-methyl/N-ethyl adjacent to an activating group) is 1. The van der Waals surface area contributed by atoms with Crippen molar-refractivity contribution in [2.24, 2.45) is 0 Å². The SMILES string of the molecule is CNC(=O)C(C)N(Cc1ccccc1)C(=O)CN(c1cc(C)ccc1OC)S(=O)(=O)c1ccccc1. The van der Waals surface area contributed by atoms with Crippen LogP contribution < -0.4 is 14.4 Å². The van der Waals surface area contributed by atoms with E-state index < -0.39 is 28.5 Å². The van der Waals surface area contributed by atoms with Crippen LogP contribution >= 0.6 is 0 Å². The van der Waals surface area contributed by atoms with Crippen molar-refractivity contribution in [1.82, 2.24) is 10.2 Å². The van der Waals surface area contributed by atoms with Gasteiger partial charge in [-0.3, -0.25) is 13.9 Å². The summed E-state index contributed by atoms with van der Waals surface area (Å²) in [5, 5.41) is 2.57. The van der Waals surface area contributed by atoms with Gasteiger partial charge in [-0.1, -0.05) is 54.6 Å². The molecule has 0 saturated heterocycles. The van der Waals surface area contributed by atoms with Gasteiger partial charge in [0, 0.05) is 13.6 Å². The fraction of sp³-hybridized carbons (Fsp3) is 0.259. The molecule has 3 aromatic carbocycles. The van der Waals surface area contributed by atoms with Gasteiger partial charge in [0.15, 0.2) is 0 Å². The van der Waals surface area contributed by atoms with E-state index in [4.69, 9.17) is 4.74 Å². The topological polar surface area (TPSA) is 96.0 Å². The largest absolute Gasteiger partial charge is 0.495 e. The van der Waals surface area contributed by atoms with Crippen LogP contribution in [0.4, 0.5) is 5.69 Å². The molecule has 36 heavy (non-hydrogen) atoms. The Labute approximate surface area is 212 Å². The third-order valence-corrected chi connectivity index (χ3v) is 7.60. The smallest absolute Gasteiger partial charge is 0.264 e. The molecule has 1 atom stereocenters. The van der Waals surface area contributed by atoms with Gasteiger partial charge in [0.1, 0.15) is 18.3 Å². The first kappa shape index (κ1) is 26.7.